The van der Waals surface area contributed by atoms with E-state index in [1.54, 1.807) is 6.92 Å². The highest BCUT2D eigenvalue weighted by molar-refractivity contribution is 5.90. The molecule has 1 aliphatic heterocycles. The van der Waals surface area contributed by atoms with Gasteiger partial charge in [-0.05, 0) is 19.8 Å². The first-order valence-electron chi connectivity index (χ1n) is 5.52. The lowest BCUT2D eigenvalue weighted by atomic mass is 9.98. The van der Waals surface area contributed by atoms with Crippen molar-refractivity contribution >= 4 is 11.9 Å². The van der Waals surface area contributed by atoms with Crippen LogP contribution in [0.25, 0.3) is 0 Å². The highest BCUT2D eigenvalue weighted by Gasteiger charge is 2.30. The van der Waals surface area contributed by atoms with Crippen molar-refractivity contribution in [2.24, 2.45) is 5.92 Å². The molecule has 1 aromatic rings. The molecule has 1 unspecified atom stereocenters. The van der Waals surface area contributed by atoms with E-state index in [0.717, 1.165) is 0 Å². The Morgan fingerprint density at radius 3 is 2.94 bits per heavy atom. The van der Waals surface area contributed by atoms with Crippen molar-refractivity contribution in [3.8, 4) is 0 Å². The summed E-state index contributed by atoms with van der Waals surface area (Å²) in [7, 11) is 0. The van der Waals surface area contributed by atoms with Crippen LogP contribution in [-0.4, -0.2) is 40.0 Å². The Hall–Kier alpha value is -1.85. The van der Waals surface area contributed by atoms with Crippen molar-refractivity contribution in [2.45, 2.75) is 19.8 Å². The number of oxazole rings is 1. The minimum Gasteiger partial charge on any atom is -0.481 e. The number of rotatable bonds is 2. The lowest BCUT2D eigenvalue weighted by Gasteiger charge is -2.29. The van der Waals surface area contributed by atoms with Crippen LogP contribution in [0.2, 0.25) is 0 Å². The van der Waals surface area contributed by atoms with Crippen LogP contribution < -0.4 is 0 Å². The molecule has 1 amide bonds. The number of nitrogens with zero attached hydrogens (tertiary/aromatic N) is 2. The van der Waals surface area contributed by atoms with E-state index in [-0.39, 0.29) is 18.3 Å². The number of aromatic nitrogens is 1. The predicted octanol–water partition coefficient (Wildman–Crippen LogP) is 0.920. The second-order valence-corrected chi connectivity index (χ2v) is 4.20. The molecule has 0 bridgehead atoms. The fourth-order valence-corrected chi connectivity index (χ4v) is 1.95. The summed E-state index contributed by atoms with van der Waals surface area (Å²) in [6.07, 6.45) is 2.79. The molecule has 6 nitrogen and oxygen atoms in total. The summed E-state index contributed by atoms with van der Waals surface area (Å²) in [5.41, 5.74) is 0. The number of hydrogen-bond acceptors (Lipinski definition) is 4. The quantitative estimate of drug-likeness (QED) is 0.828. The van der Waals surface area contributed by atoms with Gasteiger partial charge in [0.15, 0.2) is 0 Å². The Morgan fingerprint density at radius 2 is 2.35 bits per heavy atom. The van der Waals surface area contributed by atoms with Gasteiger partial charge < -0.3 is 14.4 Å². The number of aliphatic carboxylic acids is 1. The van der Waals surface area contributed by atoms with Crippen LogP contribution in [0.15, 0.2) is 10.6 Å². The fourth-order valence-electron chi connectivity index (χ4n) is 1.95. The summed E-state index contributed by atoms with van der Waals surface area (Å²) in [4.78, 5) is 28.2. The summed E-state index contributed by atoms with van der Waals surface area (Å²) in [5, 5.41) is 8.94. The third-order valence-electron chi connectivity index (χ3n) is 2.86. The van der Waals surface area contributed by atoms with E-state index in [2.05, 4.69) is 4.98 Å². The zero-order valence-electron chi connectivity index (χ0n) is 9.55. The first-order chi connectivity index (χ1) is 8.08. The minimum absolute atomic E-state index is 0.0357. The molecule has 0 radical (unpaired) electrons. The van der Waals surface area contributed by atoms with Crippen molar-refractivity contribution in [3.63, 3.8) is 0 Å². The lowest BCUT2D eigenvalue weighted by Crippen LogP contribution is -2.42. The van der Waals surface area contributed by atoms with Gasteiger partial charge in [0, 0.05) is 13.1 Å². The second-order valence-electron chi connectivity index (χ2n) is 4.20. The molecular weight excluding hydrogens is 224 g/mol. The number of carboxylic acids is 1. The van der Waals surface area contributed by atoms with Crippen LogP contribution >= 0.6 is 0 Å². The maximum absolute atomic E-state index is 12.0. The number of carbonyl (C=O) groups excluding carboxylic acids is 1. The molecule has 17 heavy (non-hydrogen) atoms. The minimum atomic E-state index is -0.855. The molecular formula is C11H14N2O4. The van der Waals surface area contributed by atoms with Crippen LogP contribution in [0.3, 0.4) is 0 Å². The molecule has 92 valence electrons. The van der Waals surface area contributed by atoms with Crippen LogP contribution in [-0.2, 0) is 4.79 Å². The molecule has 2 heterocycles. The van der Waals surface area contributed by atoms with Gasteiger partial charge in [-0.2, -0.15) is 0 Å². The Balaban J connectivity index is 2.07. The first-order valence-corrected chi connectivity index (χ1v) is 5.52. The number of carboxylic acid groups (broad SMARTS) is 1. The van der Waals surface area contributed by atoms with Gasteiger partial charge in [0.2, 0.25) is 0 Å². The van der Waals surface area contributed by atoms with Gasteiger partial charge in [-0.15, -0.1) is 0 Å². The molecule has 1 atom stereocenters. The van der Waals surface area contributed by atoms with E-state index in [1.165, 1.54) is 11.1 Å². The number of aryl methyl sites for hydroxylation is 1. The summed E-state index contributed by atoms with van der Waals surface area (Å²) >= 11 is 0. The van der Waals surface area contributed by atoms with Gasteiger partial charge >= 0.3 is 11.9 Å². The zero-order chi connectivity index (χ0) is 12.4. The molecule has 0 saturated carbocycles. The topological polar surface area (TPSA) is 83.6 Å². The Morgan fingerprint density at radius 1 is 1.59 bits per heavy atom. The van der Waals surface area contributed by atoms with Gasteiger partial charge in [0.1, 0.15) is 5.76 Å². The molecule has 6 heteroatoms. The number of carbonyl (C=O) groups is 2. The maximum Gasteiger partial charge on any atom is 0.309 e. The fraction of sp³-hybridized carbons (Fsp3) is 0.545. The standard InChI is InChI=1S/C11H14N2O4/c1-7-5-12-9(17-7)10(14)13-4-2-3-8(6-13)11(15)16/h5,8H,2-4,6H2,1H3,(H,15,16). The number of amides is 1. The molecule has 1 N–H and O–H groups in total. The van der Waals surface area contributed by atoms with E-state index in [0.29, 0.717) is 25.1 Å². The van der Waals surface area contributed by atoms with Crippen LogP contribution in [0, 0.1) is 12.8 Å². The zero-order valence-corrected chi connectivity index (χ0v) is 9.55. The summed E-state index contributed by atoms with van der Waals surface area (Å²) in [6, 6.07) is 0. The van der Waals surface area contributed by atoms with Crippen molar-refractivity contribution in [1.29, 1.82) is 0 Å². The lowest BCUT2D eigenvalue weighted by molar-refractivity contribution is -0.143. The van der Waals surface area contributed by atoms with E-state index < -0.39 is 11.9 Å². The number of hydrogen-bond donors (Lipinski definition) is 1. The van der Waals surface area contributed by atoms with Crippen molar-refractivity contribution < 1.29 is 19.1 Å². The third kappa shape index (κ3) is 2.46. The predicted molar refractivity (Wildman–Crippen MR) is 57.5 cm³/mol. The van der Waals surface area contributed by atoms with Gasteiger partial charge in [-0.3, -0.25) is 9.59 Å². The summed E-state index contributed by atoms with van der Waals surface area (Å²) < 4.78 is 5.14. The molecule has 2 rings (SSSR count). The second kappa shape index (κ2) is 4.57. The van der Waals surface area contributed by atoms with Gasteiger partial charge in [0.05, 0.1) is 12.1 Å². The molecule has 1 aromatic heterocycles. The van der Waals surface area contributed by atoms with Crippen LogP contribution in [0.1, 0.15) is 29.3 Å². The van der Waals surface area contributed by atoms with Crippen molar-refractivity contribution in [2.75, 3.05) is 13.1 Å². The van der Waals surface area contributed by atoms with Gasteiger partial charge in [-0.25, -0.2) is 4.98 Å². The first kappa shape index (κ1) is 11.6. The van der Waals surface area contributed by atoms with Crippen molar-refractivity contribution in [1.82, 2.24) is 9.88 Å². The van der Waals surface area contributed by atoms with E-state index in [1.807, 2.05) is 0 Å². The van der Waals surface area contributed by atoms with Gasteiger partial charge in [0.25, 0.3) is 5.89 Å². The Labute approximate surface area is 98.2 Å². The molecule has 1 aliphatic rings. The average Bonchev–Trinajstić information content (AvgIpc) is 2.75. The van der Waals surface area contributed by atoms with E-state index in [9.17, 15) is 9.59 Å². The van der Waals surface area contributed by atoms with Crippen molar-refractivity contribution in [3.05, 3.63) is 17.8 Å². The Bertz CT molecular complexity index is 440. The normalized spacial score (nSPS) is 20.3. The molecule has 1 fully saturated rings. The highest BCUT2D eigenvalue weighted by atomic mass is 16.4. The monoisotopic (exact) mass is 238 g/mol. The third-order valence-corrected chi connectivity index (χ3v) is 2.86. The van der Waals surface area contributed by atoms with E-state index in [4.69, 9.17) is 9.52 Å². The average molecular weight is 238 g/mol. The largest absolute Gasteiger partial charge is 0.481 e. The maximum atomic E-state index is 12.0. The Kier molecular flexibility index (Phi) is 3.12. The SMILES string of the molecule is Cc1cnc(C(=O)N2CCCC(C(=O)O)C2)o1. The molecule has 1 saturated heterocycles. The summed E-state index contributed by atoms with van der Waals surface area (Å²) in [5.74, 6) is -1.06. The highest BCUT2D eigenvalue weighted by Crippen LogP contribution is 2.18. The molecule has 0 aromatic carbocycles. The molecule has 0 spiro atoms. The number of likely N-dealkylation sites (tertiary alicyclic amines) is 1. The molecule has 0 aliphatic carbocycles. The summed E-state index contributed by atoms with van der Waals surface area (Å²) in [6.45, 7) is 2.50. The smallest absolute Gasteiger partial charge is 0.309 e. The van der Waals surface area contributed by atoms with E-state index >= 15 is 0 Å². The van der Waals surface area contributed by atoms with Crippen LogP contribution in [0.4, 0.5) is 0 Å². The van der Waals surface area contributed by atoms with Gasteiger partial charge in [-0.1, -0.05) is 0 Å². The van der Waals surface area contributed by atoms with Crippen LogP contribution in [0.5, 0.6) is 0 Å². The number of piperidine rings is 1.